The van der Waals surface area contributed by atoms with E-state index in [2.05, 4.69) is 19.2 Å². The molecule has 2 aliphatic carbocycles. The molecule has 2 nitrogen and oxygen atoms in total. The van der Waals surface area contributed by atoms with E-state index < -0.39 is 0 Å². The second-order valence-electron chi connectivity index (χ2n) is 5.83. The van der Waals surface area contributed by atoms with Crippen molar-refractivity contribution in [3.05, 3.63) is 0 Å². The zero-order valence-electron chi connectivity index (χ0n) is 11.0. The van der Waals surface area contributed by atoms with Crippen molar-refractivity contribution >= 4 is 0 Å². The minimum absolute atomic E-state index is 0.730. The summed E-state index contributed by atoms with van der Waals surface area (Å²) in [4.78, 5) is 0. The van der Waals surface area contributed by atoms with Gasteiger partial charge in [-0.15, -0.1) is 0 Å². The van der Waals surface area contributed by atoms with Gasteiger partial charge in [-0.05, 0) is 55.9 Å². The molecule has 2 rings (SSSR count). The molecular weight excluding hydrogens is 198 g/mol. The Bertz CT molecular complexity index is 209. The van der Waals surface area contributed by atoms with Crippen LogP contribution in [0.3, 0.4) is 0 Å². The summed E-state index contributed by atoms with van der Waals surface area (Å²) in [5, 5.41) is 3.72. The third-order valence-electron chi connectivity index (χ3n) is 4.62. The average molecular weight is 225 g/mol. The zero-order valence-corrected chi connectivity index (χ0v) is 11.0. The third-order valence-corrected chi connectivity index (χ3v) is 4.62. The van der Waals surface area contributed by atoms with Crippen molar-refractivity contribution < 1.29 is 4.74 Å². The van der Waals surface area contributed by atoms with E-state index in [1.165, 1.54) is 25.7 Å². The van der Waals surface area contributed by atoms with E-state index in [-0.39, 0.29) is 0 Å². The Kier molecular flexibility index (Phi) is 4.26. The van der Waals surface area contributed by atoms with Crippen LogP contribution in [0.15, 0.2) is 0 Å². The molecule has 16 heavy (non-hydrogen) atoms. The maximum atomic E-state index is 5.21. The van der Waals surface area contributed by atoms with Gasteiger partial charge in [0.15, 0.2) is 0 Å². The van der Waals surface area contributed by atoms with Gasteiger partial charge < -0.3 is 10.1 Å². The highest BCUT2D eigenvalue weighted by atomic mass is 16.5. The van der Waals surface area contributed by atoms with Crippen molar-refractivity contribution in [2.45, 2.75) is 45.6 Å². The Morgan fingerprint density at radius 1 is 1.25 bits per heavy atom. The van der Waals surface area contributed by atoms with Crippen LogP contribution < -0.4 is 5.32 Å². The molecule has 94 valence electrons. The van der Waals surface area contributed by atoms with Crippen LogP contribution in [0.5, 0.6) is 0 Å². The van der Waals surface area contributed by atoms with Gasteiger partial charge in [0.05, 0.1) is 0 Å². The van der Waals surface area contributed by atoms with Crippen LogP contribution in [0, 0.1) is 23.7 Å². The number of fused-ring (bicyclic) bond motifs is 1. The maximum Gasteiger partial charge on any atom is 0.0465 e. The van der Waals surface area contributed by atoms with E-state index in [1.807, 2.05) is 0 Å². The Morgan fingerprint density at radius 3 is 2.50 bits per heavy atom. The van der Waals surface area contributed by atoms with Gasteiger partial charge in [-0.3, -0.25) is 0 Å². The van der Waals surface area contributed by atoms with Crippen molar-refractivity contribution in [2.24, 2.45) is 23.7 Å². The number of hydrogen-bond acceptors (Lipinski definition) is 2. The first-order valence-corrected chi connectivity index (χ1v) is 6.98. The predicted molar refractivity (Wildman–Crippen MR) is 67.4 cm³/mol. The van der Waals surface area contributed by atoms with E-state index in [4.69, 9.17) is 4.74 Å². The van der Waals surface area contributed by atoms with Gasteiger partial charge in [0.2, 0.25) is 0 Å². The second kappa shape index (κ2) is 5.50. The minimum Gasteiger partial charge on any atom is -0.385 e. The van der Waals surface area contributed by atoms with Crippen LogP contribution in [0.1, 0.15) is 39.5 Å². The van der Waals surface area contributed by atoms with Crippen LogP contribution in [-0.4, -0.2) is 26.3 Å². The molecule has 2 fully saturated rings. The third kappa shape index (κ3) is 2.78. The fourth-order valence-corrected chi connectivity index (χ4v) is 3.61. The molecule has 0 spiro atoms. The highest BCUT2D eigenvalue weighted by Crippen LogP contribution is 2.55. The van der Waals surface area contributed by atoms with Gasteiger partial charge in [0.25, 0.3) is 0 Å². The summed E-state index contributed by atoms with van der Waals surface area (Å²) in [5.74, 6) is 3.89. The normalized spacial score (nSPS) is 35.8. The molecule has 2 aliphatic rings. The summed E-state index contributed by atoms with van der Waals surface area (Å²) >= 11 is 0. The fraction of sp³-hybridized carbons (Fsp3) is 1.00. The standard InChI is InChI=1S/C14H27NO/c1-4-15-14(10(2)5-6-16-3)13-8-11-7-12(11)9-13/h10-15H,4-9H2,1-3H3. The van der Waals surface area contributed by atoms with Crippen LogP contribution in [0.25, 0.3) is 0 Å². The molecule has 0 aliphatic heterocycles. The number of nitrogens with one attached hydrogen (secondary N) is 1. The molecule has 4 atom stereocenters. The summed E-state index contributed by atoms with van der Waals surface area (Å²) < 4.78 is 5.21. The van der Waals surface area contributed by atoms with E-state index in [0.29, 0.717) is 0 Å². The molecule has 0 aromatic rings. The summed E-state index contributed by atoms with van der Waals surface area (Å²) in [7, 11) is 1.81. The summed E-state index contributed by atoms with van der Waals surface area (Å²) in [6.45, 7) is 6.62. The van der Waals surface area contributed by atoms with Gasteiger partial charge in [-0.1, -0.05) is 13.8 Å². The van der Waals surface area contributed by atoms with Crippen LogP contribution in [0.4, 0.5) is 0 Å². The van der Waals surface area contributed by atoms with E-state index in [9.17, 15) is 0 Å². The van der Waals surface area contributed by atoms with Crippen molar-refractivity contribution in [3.63, 3.8) is 0 Å². The second-order valence-corrected chi connectivity index (χ2v) is 5.83. The first-order chi connectivity index (χ1) is 7.76. The molecule has 0 heterocycles. The molecular formula is C14H27NO. The molecule has 1 N–H and O–H groups in total. The Labute approximate surface area is 100 Å². The number of ether oxygens (including phenoxy) is 1. The maximum absolute atomic E-state index is 5.21. The lowest BCUT2D eigenvalue weighted by atomic mass is 9.84. The molecule has 4 unspecified atom stereocenters. The molecule has 0 aromatic heterocycles. The van der Waals surface area contributed by atoms with Gasteiger partial charge in [-0.2, -0.15) is 0 Å². The predicted octanol–water partition coefficient (Wildman–Crippen LogP) is 2.68. The van der Waals surface area contributed by atoms with Gasteiger partial charge in [0.1, 0.15) is 0 Å². The quantitative estimate of drug-likeness (QED) is 0.719. The van der Waals surface area contributed by atoms with Crippen LogP contribution >= 0.6 is 0 Å². The summed E-state index contributed by atoms with van der Waals surface area (Å²) in [6, 6.07) is 0.730. The van der Waals surface area contributed by atoms with Crippen molar-refractivity contribution in [2.75, 3.05) is 20.3 Å². The Balaban J connectivity index is 1.83. The molecule has 0 amide bonds. The first-order valence-electron chi connectivity index (χ1n) is 6.98. The van der Waals surface area contributed by atoms with E-state index in [0.717, 1.165) is 42.9 Å². The lowest BCUT2D eigenvalue weighted by Gasteiger charge is -2.31. The van der Waals surface area contributed by atoms with Gasteiger partial charge in [0, 0.05) is 19.8 Å². The van der Waals surface area contributed by atoms with Crippen molar-refractivity contribution in [1.29, 1.82) is 0 Å². The SMILES string of the molecule is CCNC(C(C)CCOC)C1CC2CC2C1. The molecule has 0 saturated heterocycles. The summed E-state index contributed by atoms with van der Waals surface area (Å²) in [6.07, 6.45) is 5.70. The lowest BCUT2D eigenvalue weighted by molar-refractivity contribution is 0.156. The van der Waals surface area contributed by atoms with E-state index in [1.54, 1.807) is 7.11 Å². The topological polar surface area (TPSA) is 21.3 Å². The smallest absolute Gasteiger partial charge is 0.0465 e. The Morgan fingerprint density at radius 2 is 1.94 bits per heavy atom. The monoisotopic (exact) mass is 225 g/mol. The molecule has 2 saturated carbocycles. The number of rotatable bonds is 7. The molecule has 0 aromatic carbocycles. The number of methoxy groups -OCH3 is 1. The average Bonchev–Trinajstić information content (AvgIpc) is 2.90. The highest BCUT2D eigenvalue weighted by Gasteiger charge is 2.48. The lowest BCUT2D eigenvalue weighted by Crippen LogP contribution is -2.41. The fourth-order valence-electron chi connectivity index (χ4n) is 3.61. The highest BCUT2D eigenvalue weighted by molar-refractivity contribution is 5.00. The first kappa shape index (κ1) is 12.4. The van der Waals surface area contributed by atoms with Crippen molar-refractivity contribution in [1.82, 2.24) is 5.32 Å². The van der Waals surface area contributed by atoms with Gasteiger partial charge in [-0.25, -0.2) is 0 Å². The largest absolute Gasteiger partial charge is 0.385 e. The van der Waals surface area contributed by atoms with E-state index >= 15 is 0 Å². The van der Waals surface area contributed by atoms with Gasteiger partial charge >= 0.3 is 0 Å². The van der Waals surface area contributed by atoms with Crippen molar-refractivity contribution in [3.8, 4) is 0 Å². The van der Waals surface area contributed by atoms with Crippen LogP contribution in [0.2, 0.25) is 0 Å². The molecule has 0 bridgehead atoms. The Hall–Kier alpha value is -0.0800. The number of hydrogen-bond donors (Lipinski definition) is 1. The molecule has 0 radical (unpaired) electrons. The van der Waals surface area contributed by atoms with Crippen LogP contribution in [-0.2, 0) is 4.74 Å². The minimum atomic E-state index is 0.730. The summed E-state index contributed by atoms with van der Waals surface area (Å²) in [5.41, 5.74) is 0. The molecule has 2 heteroatoms. The zero-order chi connectivity index (χ0) is 11.5.